The highest BCUT2D eigenvalue weighted by Crippen LogP contribution is 2.03. The minimum atomic E-state index is -0.538. The van der Waals surface area contributed by atoms with Gasteiger partial charge in [-0.3, -0.25) is 4.90 Å². The second kappa shape index (κ2) is 2.96. The number of rotatable bonds is 1. The van der Waals surface area contributed by atoms with Gasteiger partial charge in [0.25, 0.3) is 0 Å². The molecule has 58 valence electrons. The molecule has 0 aliphatic rings. The molecule has 5 heteroatoms. The first-order valence-corrected chi connectivity index (χ1v) is 3.01. The van der Waals surface area contributed by atoms with Gasteiger partial charge in [-0.1, -0.05) is 0 Å². The highest BCUT2D eigenvalue weighted by Gasteiger charge is 2.05. The van der Waals surface area contributed by atoms with E-state index in [1.165, 1.54) is 11.2 Å². The van der Waals surface area contributed by atoms with Gasteiger partial charge >= 0.3 is 6.03 Å². The van der Waals surface area contributed by atoms with E-state index in [9.17, 15) is 4.79 Å². The highest BCUT2D eigenvalue weighted by atomic mass is 16.2. The van der Waals surface area contributed by atoms with Crippen LogP contribution in [-0.4, -0.2) is 23.0 Å². The van der Waals surface area contributed by atoms with E-state index in [2.05, 4.69) is 9.97 Å². The van der Waals surface area contributed by atoms with Crippen LogP contribution in [-0.2, 0) is 0 Å². The summed E-state index contributed by atoms with van der Waals surface area (Å²) in [5.74, 6) is 0.493. The molecule has 0 fully saturated rings. The average Bonchev–Trinajstić information content (AvgIpc) is 2.05. The number of aromatic nitrogens is 2. The number of anilines is 1. The van der Waals surface area contributed by atoms with Crippen molar-refractivity contribution in [2.75, 3.05) is 11.9 Å². The van der Waals surface area contributed by atoms with Gasteiger partial charge in [0, 0.05) is 13.2 Å². The fraction of sp³-hybridized carbons (Fsp3) is 0.167. The van der Waals surface area contributed by atoms with Crippen LogP contribution in [0.3, 0.4) is 0 Å². The fourth-order valence-corrected chi connectivity index (χ4v) is 0.595. The third-order valence-electron chi connectivity index (χ3n) is 1.24. The topological polar surface area (TPSA) is 72.1 Å². The molecule has 0 aromatic carbocycles. The smallest absolute Gasteiger partial charge is 0.320 e. The van der Waals surface area contributed by atoms with Crippen LogP contribution in [0, 0.1) is 0 Å². The molecule has 0 unspecified atom stereocenters. The molecule has 0 aliphatic heterocycles. The minimum Gasteiger partial charge on any atom is -0.351 e. The second-order valence-corrected chi connectivity index (χ2v) is 1.96. The summed E-state index contributed by atoms with van der Waals surface area (Å²) >= 11 is 0. The van der Waals surface area contributed by atoms with E-state index >= 15 is 0 Å². The van der Waals surface area contributed by atoms with Gasteiger partial charge in [0.15, 0.2) is 0 Å². The van der Waals surface area contributed by atoms with E-state index in [4.69, 9.17) is 5.73 Å². The van der Waals surface area contributed by atoms with Gasteiger partial charge in [0.05, 0.1) is 0 Å². The molecule has 2 amide bonds. The monoisotopic (exact) mass is 152 g/mol. The molecular formula is C6H8N4O. The van der Waals surface area contributed by atoms with Gasteiger partial charge in [-0.05, 0) is 6.07 Å². The van der Waals surface area contributed by atoms with Crippen molar-refractivity contribution in [3.05, 3.63) is 18.6 Å². The van der Waals surface area contributed by atoms with Crippen LogP contribution >= 0.6 is 0 Å². The Bertz CT molecular complexity index is 248. The molecule has 0 saturated carbocycles. The molecular weight excluding hydrogens is 144 g/mol. The summed E-state index contributed by atoms with van der Waals surface area (Å²) in [4.78, 5) is 19.3. The Balaban J connectivity index is 2.85. The summed E-state index contributed by atoms with van der Waals surface area (Å²) in [6.07, 6.45) is 2.90. The Hall–Kier alpha value is -1.65. The second-order valence-electron chi connectivity index (χ2n) is 1.96. The van der Waals surface area contributed by atoms with Crippen LogP contribution in [0.15, 0.2) is 18.6 Å². The van der Waals surface area contributed by atoms with E-state index in [1.54, 1.807) is 19.3 Å². The molecule has 1 aromatic heterocycles. The summed E-state index contributed by atoms with van der Waals surface area (Å²) in [5, 5.41) is 0. The standard InChI is InChI=1S/C6H8N4O/c1-10(6(7)11)5-2-3-8-4-9-5/h2-4H,1H3,(H2,7,11). The van der Waals surface area contributed by atoms with Gasteiger partial charge in [-0.2, -0.15) is 0 Å². The SMILES string of the molecule is CN(C(N)=O)c1ccncn1. The number of primary amides is 1. The summed E-state index contributed by atoms with van der Waals surface area (Å²) in [6.45, 7) is 0. The van der Waals surface area contributed by atoms with Crippen molar-refractivity contribution in [1.82, 2.24) is 9.97 Å². The predicted octanol–water partition coefficient (Wildman–Crippen LogP) is -0.00850. The third kappa shape index (κ3) is 1.64. The lowest BCUT2D eigenvalue weighted by Gasteiger charge is -2.11. The molecule has 11 heavy (non-hydrogen) atoms. The van der Waals surface area contributed by atoms with Crippen molar-refractivity contribution in [2.45, 2.75) is 0 Å². The molecule has 0 atom stereocenters. The van der Waals surface area contributed by atoms with Crippen LogP contribution in [0.5, 0.6) is 0 Å². The number of carbonyl (C=O) groups is 1. The van der Waals surface area contributed by atoms with Crippen molar-refractivity contribution in [3.63, 3.8) is 0 Å². The molecule has 1 rings (SSSR count). The van der Waals surface area contributed by atoms with Crippen LogP contribution in [0.25, 0.3) is 0 Å². The number of amides is 2. The van der Waals surface area contributed by atoms with Crippen LogP contribution in [0.2, 0.25) is 0 Å². The quantitative estimate of drug-likeness (QED) is 0.615. The van der Waals surface area contributed by atoms with E-state index in [-0.39, 0.29) is 0 Å². The van der Waals surface area contributed by atoms with E-state index < -0.39 is 6.03 Å². The number of hydrogen-bond acceptors (Lipinski definition) is 3. The van der Waals surface area contributed by atoms with Gasteiger partial charge in [-0.25, -0.2) is 14.8 Å². The maximum atomic E-state index is 10.6. The zero-order valence-corrected chi connectivity index (χ0v) is 6.06. The van der Waals surface area contributed by atoms with Gasteiger partial charge in [-0.15, -0.1) is 0 Å². The highest BCUT2D eigenvalue weighted by molar-refractivity contribution is 5.88. The molecule has 5 nitrogen and oxygen atoms in total. The molecule has 2 N–H and O–H groups in total. The first-order valence-electron chi connectivity index (χ1n) is 3.01. The minimum absolute atomic E-state index is 0.493. The summed E-state index contributed by atoms with van der Waals surface area (Å²) in [7, 11) is 1.55. The Morgan fingerprint density at radius 1 is 1.73 bits per heavy atom. The Kier molecular flexibility index (Phi) is 2.00. The number of nitrogens with two attached hydrogens (primary N) is 1. The van der Waals surface area contributed by atoms with Gasteiger partial charge in [0.2, 0.25) is 0 Å². The summed E-state index contributed by atoms with van der Waals surface area (Å²) in [5.41, 5.74) is 4.99. The molecule has 1 heterocycles. The van der Waals surface area contributed by atoms with E-state index in [1.807, 2.05) is 0 Å². The zero-order valence-electron chi connectivity index (χ0n) is 6.06. The Morgan fingerprint density at radius 3 is 2.91 bits per heavy atom. The lowest BCUT2D eigenvalue weighted by Crippen LogP contribution is -2.32. The Labute approximate surface area is 63.9 Å². The zero-order chi connectivity index (χ0) is 8.27. The van der Waals surface area contributed by atoms with Crippen molar-refractivity contribution in [3.8, 4) is 0 Å². The van der Waals surface area contributed by atoms with E-state index in [0.717, 1.165) is 0 Å². The van der Waals surface area contributed by atoms with Crippen LogP contribution in [0.1, 0.15) is 0 Å². The maximum absolute atomic E-state index is 10.6. The lowest BCUT2D eigenvalue weighted by molar-refractivity contribution is 0.255. The number of hydrogen-bond donors (Lipinski definition) is 1. The molecule has 0 saturated heterocycles. The normalized spacial score (nSPS) is 9.18. The van der Waals surface area contributed by atoms with Crippen molar-refractivity contribution in [1.29, 1.82) is 0 Å². The summed E-state index contributed by atoms with van der Waals surface area (Å²) in [6, 6.07) is 1.06. The largest absolute Gasteiger partial charge is 0.351 e. The molecule has 0 bridgehead atoms. The Morgan fingerprint density at radius 2 is 2.45 bits per heavy atom. The third-order valence-corrected chi connectivity index (χ3v) is 1.24. The number of carbonyl (C=O) groups excluding carboxylic acids is 1. The average molecular weight is 152 g/mol. The maximum Gasteiger partial charge on any atom is 0.320 e. The van der Waals surface area contributed by atoms with Crippen LogP contribution in [0.4, 0.5) is 10.6 Å². The van der Waals surface area contributed by atoms with Gasteiger partial charge < -0.3 is 5.73 Å². The van der Waals surface area contributed by atoms with Crippen molar-refractivity contribution in [2.24, 2.45) is 5.73 Å². The van der Waals surface area contributed by atoms with E-state index in [0.29, 0.717) is 5.82 Å². The number of urea groups is 1. The molecule has 0 spiro atoms. The fourth-order valence-electron chi connectivity index (χ4n) is 0.595. The first kappa shape index (κ1) is 7.46. The molecule has 0 radical (unpaired) electrons. The number of nitrogens with zero attached hydrogens (tertiary/aromatic N) is 3. The molecule has 0 aliphatic carbocycles. The first-order chi connectivity index (χ1) is 5.22. The lowest BCUT2D eigenvalue weighted by atomic mass is 10.5. The molecule has 1 aromatic rings. The van der Waals surface area contributed by atoms with Gasteiger partial charge in [0.1, 0.15) is 12.1 Å². The van der Waals surface area contributed by atoms with Crippen LogP contribution < -0.4 is 10.6 Å². The predicted molar refractivity (Wildman–Crippen MR) is 40.0 cm³/mol. The van der Waals surface area contributed by atoms with Crippen molar-refractivity contribution >= 4 is 11.8 Å². The summed E-state index contributed by atoms with van der Waals surface area (Å²) < 4.78 is 0. The van der Waals surface area contributed by atoms with Crippen molar-refractivity contribution < 1.29 is 4.79 Å².